The van der Waals surface area contributed by atoms with Gasteiger partial charge in [0.15, 0.2) is 0 Å². The number of nitrogens with zero attached hydrogens (tertiary/aromatic N) is 1. The van der Waals surface area contributed by atoms with Crippen molar-refractivity contribution in [2.45, 2.75) is 13.0 Å². The third kappa shape index (κ3) is 4.69. The molecule has 1 atom stereocenters. The lowest BCUT2D eigenvalue weighted by Crippen LogP contribution is -2.32. The Bertz CT molecular complexity index is 721. The van der Waals surface area contributed by atoms with Gasteiger partial charge >= 0.3 is 0 Å². The van der Waals surface area contributed by atoms with Crippen LogP contribution in [0.15, 0.2) is 48.5 Å². The highest BCUT2D eigenvalue weighted by atomic mass is 35.5. The van der Waals surface area contributed by atoms with E-state index in [9.17, 15) is 14.9 Å². The zero-order chi connectivity index (χ0) is 16.8. The summed E-state index contributed by atoms with van der Waals surface area (Å²) in [5, 5.41) is 17.0. The molecule has 7 heteroatoms. The van der Waals surface area contributed by atoms with E-state index in [1.54, 1.807) is 18.2 Å². The van der Waals surface area contributed by atoms with E-state index in [2.05, 4.69) is 10.6 Å². The summed E-state index contributed by atoms with van der Waals surface area (Å²) >= 11 is 6.09. The van der Waals surface area contributed by atoms with E-state index in [0.29, 0.717) is 10.7 Å². The van der Waals surface area contributed by atoms with Gasteiger partial charge in [0.2, 0.25) is 5.91 Å². The third-order valence-corrected chi connectivity index (χ3v) is 3.60. The second kappa shape index (κ2) is 7.60. The minimum Gasteiger partial charge on any atom is -0.376 e. The number of non-ortho nitro benzene ring substituents is 1. The first-order chi connectivity index (χ1) is 11.0. The number of carbonyl (C=O) groups is 1. The van der Waals surface area contributed by atoms with Crippen LogP contribution in [0.1, 0.15) is 18.5 Å². The Morgan fingerprint density at radius 2 is 2.00 bits per heavy atom. The Hall–Kier alpha value is -2.60. The van der Waals surface area contributed by atoms with Crippen LogP contribution in [0.25, 0.3) is 0 Å². The first-order valence-corrected chi connectivity index (χ1v) is 7.37. The normalized spacial score (nSPS) is 11.6. The van der Waals surface area contributed by atoms with Crippen molar-refractivity contribution >= 4 is 28.9 Å². The minimum atomic E-state index is -0.481. The van der Waals surface area contributed by atoms with Crippen LogP contribution in [0.4, 0.5) is 11.4 Å². The van der Waals surface area contributed by atoms with Crippen molar-refractivity contribution < 1.29 is 9.72 Å². The van der Waals surface area contributed by atoms with Crippen molar-refractivity contribution in [1.82, 2.24) is 5.32 Å². The minimum absolute atomic E-state index is 0.00988. The van der Waals surface area contributed by atoms with Crippen LogP contribution in [-0.4, -0.2) is 17.4 Å². The molecule has 0 heterocycles. The molecule has 0 spiro atoms. The molecule has 23 heavy (non-hydrogen) atoms. The molecule has 2 N–H and O–H groups in total. The van der Waals surface area contributed by atoms with Crippen molar-refractivity contribution in [3.63, 3.8) is 0 Å². The van der Waals surface area contributed by atoms with Gasteiger partial charge in [-0.3, -0.25) is 14.9 Å². The van der Waals surface area contributed by atoms with Crippen molar-refractivity contribution in [3.8, 4) is 0 Å². The predicted octanol–water partition coefficient (Wildman–Crippen LogP) is 3.54. The molecule has 0 bridgehead atoms. The molecule has 1 amide bonds. The topological polar surface area (TPSA) is 84.3 Å². The van der Waals surface area contributed by atoms with Gasteiger partial charge in [-0.25, -0.2) is 0 Å². The molecule has 0 saturated heterocycles. The molecule has 0 aromatic heterocycles. The van der Waals surface area contributed by atoms with Crippen molar-refractivity contribution in [2.24, 2.45) is 0 Å². The largest absolute Gasteiger partial charge is 0.376 e. The molecule has 0 saturated carbocycles. The fourth-order valence-electron chi connectivity index (χ4n) is 2.11. The number of nitro benzene ring substituents is 1. The van der Waals surface area contributed by atoms with E-state index in [4.69, 9.17) is 11.6 Å². The van der Waals surface area contributed by atoms with Gasteiger partial charge in [-0.15, -0.1) is 0 Å². The molecular weight excluding hydrogens is 318 g/mol. The Labute approximate surface area is 138 Å². The van der Waals surface area contributed by atoms with E-state index >= 15 is 0 Å². The quantitative estimate of drug-likeness (QED) is 0.625. The smallest absolute Gasteiger partial charge is 0.271 e. The Morgan fingerprint density at radius 1 is 1.26 bits per heavy atom. The molecule has 0 fully saturated rings. The van der Waals surface area contributed by atoms with Crippen LogP contribution < -0.4 is 10.6 Å². The first-order valence-electron chi connectivity index (χ1n) is 6.99. The molecular formula is C16H16ClN3O3. The van der Waals surface area contributed by atoms with Crippen LogP contribution in [0.5, 0.6) is 0 Å². The number of benzene rings is 2. The number of carbonyl (C=O) groups excluding carboxylic acids is 1. The number of nitro groups is 1. The highest BCUT2D eigenvalue weighted by Gasteiger charge is 2.12. The summed E-state index contributed by atoms with van der Waals surface area (Å²) < 4.78 is 0. The lowest BCUT2D eigenvalue weighted by Gasteiger charge is -2.16. The molecule has 120 valence electrons. The lowest BCUT2D eigenvalue weighted by atomic mass is 10.1. The molecule has 0 aliphatic carbocycles. The molecule has 0 unspecified atom stereocenters. The summed E-state index contributed by atoms with van der Waals surface area (Å²) in [4.78, 5) is 22.2. The van der Waals surface area contributed by atoms with Crippen LogP contribution in [0.3, 0.4) is 0 Å². The van der Waals surface area contributed by atoms with E-state index in [0.717, 1.165) is 5.56 Å². The van der Waals surface area contributed by atoms with Crippen LogP contribution >= 0.6 is 11.6 Å². The van der Waals surface area contributed by atoms with Gasteiger partial charge in [0.25, 0.3) is 5.69 Å². The van der Waals surface area contributed by atoms with Gasteiger partial charge in [-0.05, 0) is 24.6 Å². The van der Waals surface area contributed by atoms with Gasteiger partial charge in [0.1, 0.15) is 0 Å². The first kappa shape index (κ1) is 16.8. The summed E-state index contributed by atoms with van der Waals surface area (Å²) in [6.07, 6.45) is 0. The van der Waals surface area contributed by atoms with E-state index < -0.39 is 4.92 Å². The van der Waals surface area contributed by atoms with Gasteiger partial charge in [0, 0.05) is 22.8 Å². The number of halogens is 1. The SMILES string of the molecule is C[C@@H](NC(=O)CNc1cccc([N+](=O)[O-])c1)c1ccccc1Cl. The van der Waals surface area contributed by atoms with Crippen molar-refractivity contribution in [3.05, 3.63) is 69.2 Å². The van der Waals surface area contributed by atoms with E-state index in [1.807, 2.05) is 25.1 Å². The average molecular weight is 334 g/mol. The average Bonchev–Trinajstić information content (AvgIpc) is 2.53. The van der Waals surface area contributed by atoms with E-state index in [1.165, 1.54) is 12.1 Å². The fraction of sp³-hybridized carbons (Fsp3) is 0.188. The number of amides is 1. The molecule has 0 aliphatic rings. The van der Waals surface area contributed by atoms with Crippen LogP contribution in [-0.2, 0) is 4.79 Å². The molecule has 6 nitrogen and oxygen atoms in total. The van der Waals surface area contributed by atoms with Crippen molar-refractivity contribution in [2.75, 3.05) is 11.9 Å². The number of rotatable bonds is 6. The maximum Gasteiger partial charge on any atom is 0.271 e. The summed E-state index contributed by atoms with van der Waals surface area (Å²) in [6.45, 7) is 1.85. The highest BCUT2D eigenvalue weighted by Crippen LogP contribution is 2.22. The zero-order valence-corrected chi connectivity index (χ0v) is 13.2. The summed E-state index contributed by atoms with van der Waals surface area (Å²) in [5.74, 6) is -0.232. The molecule has 0 aliphatic heterocycles. The third-order valence-electron chi connectivity index (χ3n) is 3.26. The van der Waals surface area contributed by atoms with Gasteiger partial charge in [-0.1, -0.05) is 35.9 Å². The zero-order valence-electron chi connectivity index (χ0n) is 12.5. The second-order valence-electron chi connectivity index (χ2n) is 4.97. The molecule has 2 aromatic carbocycles. The van der Waals surface area contributed by atoms with Gasteiger partial charge in [0.05, 0.1) is 17.5 Å². The van der Waals surface area contributed by atoms with Crippen LogP contribution in [0, 0.1) is 10.1 Å². The number of anilines is 1. The number of nitrogens with one attached hydrogen (secondary N) is 2. The molecule has 2 rings (SSSR count). The number of hydrogen-bond donors (Lipinski definition) is 2. The summed E-state index contributed by atoms with van der Waals surface area (Å²) in [5.41, 5.74) is 1.32. The molecule has 0 radical (unpaired) electrons. The second-order valence-corrected chi connectivity index (χ2v) is 5.38. The van der Waals surface area contributed by atoms with Gasteiger partial charge < -0.3 is 10.6 Å². The van der Waals surface area contributed by atoms with Crippen molar-refractivity contribution in [1.29, 1.82) is 0 Å². The Morgan fingerprint density at radius 3 is 2.70 bits per heavy atom. The van der Waals surface area contributed by atoms with E-state index in [-0.39, 0.29) is 24.2 Å². The summed E-state index contributed by atoms with van der Waals surface area (Å²) in [6, 6.07) is 13.1. The Balaban J connectivity index is 1.91. The highest BCUT2D eigenvalue weighted by molar-refractivity contribution is 6.31. The standard InChI is InChI=1S/C16H16ClN3O3/c1-11(14-7-2-3-8-15(14)17)19-16(21)10-18-12-5-4-6-13(9-12)20(22)23/h2-9,11,18H,10H2,1H3,(H,19,21)/t11-/m1/s1. The number of hydrogen-bond acceptors (Lipinski definition) is 4. The Kier molecular flexibility index (Phi) is 5.54. The molecule has 2 aromatic rings. The van der Waals surface area contributed by atoms with Crippen LogP contribution in [0.2, 0.25) is 5.02 Å². The fourth-order valence-corrected chi connectivity index (χ4v) is 2.41. The maximum absolute atomic E-state index is 12.0. The lowest BCUT2D eigenvalue weighted by molar-refractivity contribution is -0.384. The predicted molar refractivity (Wildman–Crippen MR) is 89.6 cm³/mol. The monoisotopic (exact) mass is 333 g/mol. The maximum atomic E-state index is 12.0. The summed E-state index contributed by atoms with van der Waals surface area (Å²) in [7, 11) is 0. The van der Waals surface area contributed by atoms with Gasteiger partial charge in [-0.2, -0.15) is 0 Å².